The normalized spacial score (nSPS) is 11.8. The number of rotatable bonds is 6. The number of benzene rings is 1. The summed E-state index contributed by atoms with van der Waals surface area (Å²) in [5, 5.41) is 11.2. The van der Waals surface area contributed by atoms with E-state index < -0.39 is 36.8 Å². The van der Waals surface area contributed by atoms with Gasteiger partial charge in [0.2, 0.25) is 0 Å². The SMILES string of the molecule is O=C(O)CC(NC(=O)c1ccc(Cl)c(Cl)c1)C(=O)CF. The van der Waals surface area contributed by atoms with Crippen LogP contribution in [-0.4, -0.2) is 35.5 Å². The molecule has 1 amide bonds. The van der Waals surface area contributed by atoms with Gasteiger partial charge in [-0.25, -0.2) is 4.39 Å². The Kier molecular flexibility index (Phi) is 5.91. The van der Waals surface area contributed by atoms with Crippen molar-refractivity contribution in [3.8, 4) is 0 Å². The van der Waals surface area contributed by atoms with Gasteiger partial charge < -0.3 is 10.4 Å². The van der Waals surface area contributed by atoms with E-state index in [-0.39, 0.29) is 15.6 Å². The fourth-order valence-electron chi connectivity index (χ4n) is 1.39. The Morgan fingerprint density at radius 3 is 2.40 bits per heavy atom. The summed E-state index contributed by atoms with van der Waals surface area (Å²) >= 11 is 11.4. The van der Waals surface area contributed by atoms with Crippen molar-refractivity contribution in [1.29, 1.82) is 0 Å². The van der Waals surface area contributed by atoms with Crippen LogP contribution in [0.3, 0.4) is 0 Å². The first-order chi connectivity index (χ1) is 9.35. The molecule has 0 fully saturated rings. The number of carbonyl (C=O) groups is 3. The van der Waals surface area contributed by atoms with Crippen LogP contribution in [0, 0.1) is 0 Å². The molecule has 0 aliphatic heterocycles. The van der Waals surface area contributed by atoms with E-state index in [1.54, 1.807) is 0 Å². The second-order valence-electron chi connectivity index (χ2n) is 3.85. The Labute approximate surface area is 123 Å². The zero-order chi connectivity index (χ0) is 15.3. The van der Waals surface area contributed by atoms with E-state index in [1.165, 1.54) is 18.2 Å². The molecule has 20 heavy (non-hydrogen) atoms. The lowest BCUT2D eigenvalue weighted by molar-refractivity contribution is -0.139. The second-order valence-corrected chi connectivity index (χ2v) is 4.67. The molecule has 1 atom stereocenters. The highest BCUT2D eigenvalue weighted by atomic mass is 35.5. The Balaban J connectivity index is 2.86. The molecule has 0 radical (unpaired) electrons. The molecule has 0 heterocycles. The van der Waals surface area contributed by atoms with Crippen molar-refractivity contribution in [3.05, 3.63) is 33.8 Å². The first kappa shape index (κ1) is 16.4. The zero-order valence-corrected chi connectivity index (χ0v) is 11.5. The van der Waals surface area contributed by atoms with Crippen LogP contribution >= 0.6 is 23.2 Å². The van der Waals surface area contributed by atoms with Gasteiger partial charge in [0.15, 0.2) is 5.78 Å². The third kappa shape index (κ3) is 4.47. The summed E-state index contributed by atoms with van der Waals surface area (Å²) in [7, 11) is 0. The van der Waals surface area contributed by atoms with E-state index in [4.69, 9.17) is 28.3 Å². The molecule has 1 rings (SSSR count). The molecule has 2 N–H and O–H groups in total. The van der Waals surface area contributed by atoms with Gasteiger partial charge in [-0.15, -0.1) is 0 Å². The van der Waals surface area contributed by atoms with Crippen molar-refractivity contribution in [2.45, 2.75) is 12.5 Å². The number of hydrogen-bond acceptors (Lipinski definition) is 3. The largest absolute Gasteiger partial charge is 0.481 e. The van der Waals surface area contributed by atoms with Crippen LogP contribution in [-0.2, 0) is 9.59 Å². The number of amides is 1. The molecule has 1 unspecified atom stereocenters. The number of alkyl halides is 1. The monoisotopic (exact) mass is 321 g/mol. The van der Waals surface area contributed by atoms with Crippen LogP contribution in [0.15, 0.2) is 18.2 Å². The van der Waals surface area contributed by atoms with Gasteiger partial charge in [0.1, 0.15) is 12.7 Å². The highest BCUT2D eigenvalue weighted by molar-refractivity contribution is 6.42. The summed E-state index contributed by atoms with van der Waals surface area (Å²) in [6, 6.07) is 2.56. The fourth-order valence-corrected chi connectivity index (χ4v) is 1.69. The summed E-state index contributed by atoms with van der Waals surface area (Å²) in [5.41, 5.74) is 0.0847. The van der Waals surface area contributed by atoms with Gasteiger partial charge in [-0.3, -0.25) is 14.4 Å². The van der Waals surface area contributed by atoms with Crippen molar-refractivity contribution in [2.24, 2.45) is 0 Å². The topological polar surface area (TPSA) is 83.5 Å². The van der Waals surface area contributed by atoms with E-state index in [1.807, 2.05) is 0 Å². The number of carboxylic acid groups (broad SMARTS) is 1. The van der Waals surface area contributed by atoms with Gasteiger partial charge in [0.25, 0.3) is 5.91 Å². The van der Waals surface area contributed by atoms with Gasteiger partial charge in [0.05, 0.1) is 16.5 Å². The lowest BCUT2D eigenvalue weighted by Crippen LogP contribution is -2.43. The van der Waals surface area contributed by atoms with Crippen molar-refractivity contribution < 1.29 is 23.9 Å². The number of ketones is 1. The molecule has 8 heteroatoms. The maximum atomic E-state index is 12.3. The molecule has 108 valence electrons. The summed E-state index contributed by atoms with van der Waals surface area (Å²) in [5.74, 6) is -3.08. The van der Waals surface area contributed by atoms with Crippen LogP contribution in [0.4, 0.5) is 4.39 Å². The number of carbonyl (C=O) groups excluding carboxylic acids is 2. The minimum atomic E-state index is -1.43. The Bertz CT molecular complexity index is 550. The smallest absolute Gasteiger partial charge is 0.305 e. The molecular weight excluding hydrogens is 312 g/mol. The summed E-state index contributed by atoms with van der Waals surface area (Å²) < 4.78 is 12.3. The number of Topliss-reactive ketones (excluding diaryl/α,β-unsaturated/α-hetero) is 1. The highest BCUT2D eigenvalue weighted by Crippen LogP contribution is 2.22. The Morgan fingerprint density at radius 2 is 1.90 bits per heavy atom. The number of aliphatic carboxylic acids is 1. The molecule has 0 bridgehead atoms. The molecule has 0 aliphatic carbocycles. The minimum absolute atomic E-state index is 0.0847. The van der Waals surface area contributed by atoms with Crippen molar-refractivity contribution >= 4 is 40.9 Å². The standard InChI is InChI=1S/C12H10Cl2FNO4/c13-7-2-1-6(3-8(7)14)12(20)16-9(4-11(18)19)10(17)5-15/h1-3,9H,4-5H2,(H,16,20)(H,18,19). The summed E-state index contributed by atoms with van der Waals surface area (Å²) in [6.07, 6.45) is -0.699. The minimum Gasteiger partial charge on any atom is -0.481 e. The molecule has 0 saturated heterocycles. The molecule has 0 aliphatic rings. The fraction of sp³-hybridized carbons (Fsp3) is 0.250. The van der Waals surface area contributed by atoms with E-state index in [0.29, 0.717) is 0 Å². The van der Waals surface area contributed by atoms with Crippen LogP contribution in [0.5, 0.6) is 0 Å². The average Bonchev–Trinajstić information content (AvgIpc) is 2.39. The molecule has 5 nitrogen and oxygen atoms in total. The van der Waals surface area contributed by atoms with Gasteiger partial charge in [0, 0.05) is 5.56 Å². The predicted octanol–water partition coefficient (Wildman–Crippen LogP) is 2.11. The van der Waals surface area contributed by atoms with E-state index >= 15 is 0 Å². The van der Waals surface area contributed by atoms with Gasteiger partial charge >= 0.3 is 5.97 Å². The molecule has 0 saturated carbocycles. The number of carboxylic acids is 1. The number of nitrogens with one attached hydrogen (secondary N) is 1. The first-order valence-electron chi connectivity index (χ1n) is 5.41. The highest BCUT2D eigenvalue weighted by Gasteiger charge is 2.24. The van der Waals surface area contributed by atoms with Crippen molar-refractivity contribution in [3.63, 3.8) is 0 Å². The molecule has 1 aromatic carbocycles. The summed E-state index contributed by atoms with van der Waals surface area (Å²) in [6.45, 7) is -1.36. The summed E-state index contributed by atoms with van der Waals surface area (Å²) in [4.78, 5) is 33.7. The Hall–Kier alpha value is -1.66. The molecule has 1 aromatic rings. The van der Waals surface area contributed by atoms with Crippen LogP contribution < -0.4 is 5.32 Å². The van der Waals surface area contributed by atoms with E-state index in [0.717, 1.165) is 0 Å². The second kappa shape index (κ2) is 7.21. The van der Waals surface area contributed by atoms with Crippen molar-refractivity contribution in [2.75, 3.05) is 6.67 Å². The third-order valence-electron chi connectivity index (χ3n) is 2.39. The lowest BCUT2D eigenvalue weighted by Gasteiger charge is -2.14. The lowest BCUT2D eigenvalue weighted by atomic mass is 10.1. The third-order valence-corrected chi connectivity index (χ3v) is 3.13. The van der Waals surface area contributed by atoms with Gasteiger partial charge in [-0.05, 0) is 18.2 Å². The van der Waals surface area contributed by atoms with Gasteiger partial charge in [-0.2, -0.15) is 0 Å². The van der Waals surface area contributed by atoms with E-state index in [2.05, 4.69) is 5.32 Å². The van der Waals surface area contributed by atoms with Crippen LogP contribution in [0.25, 0.3) is 0 Å². The Morgan fingerprint density at radius 1 is 1.25 bits per heavy atom. The molecule has 0 spiro atoms. The van der Waals surface area contributed by atoms with Gasteiger partial charge in [-0.1, -0.05) is 23.2 Å². The number of halogens is 3. The van der Waals surface area contributed by atoms with Crippen LogP contribution in [0.2, 0.25) is 10.0 Å². The van der Waals surface area contributed by atoms with Crippen LogP contribution in [0.1, 0.15) is 16.8 Å². The average molecular weight is 322 g/mol. The first-order valence-corrected chi connectivity index (χ1v) is 6.17. The molecular formula is C12H10Cl2FNO4. The van der Waals surface area contributed by atoms with E-state index in [9.17, 15) is 18.8 Å². The van der Waals surface area contributed by atoms with Crippen molar-refractivity contribution in [1.82, 2.24) is 5.32 Å². The number of hydrogen-bond donors (Lipinski definition) is 2. The quantitative estimate of drug-likeness (QED) is 0.840. The zero-order valence-electron chi connectivity index (χ0n) is 10.0. The predicted molar refractivity (Wildman–Crippen MR) is 71.0 cm³/mol. The maximum Gasteiger partial charge on any atom is 0.305 e. The maximum absolute atomic E-state index is 12.3. The molecule has 0 aromatic heterocycles.